The number of ether oxygens (including phenoxy) is 1. The van der Waals surface area contributed by atoms with Crippen LogP contribution in [-0.2, 0) is 11.0 Å². The van der Waals surface area contributed by atoms with E-state index in [0.29, 0.717) is 11.3 Å². The van der Waals surface area contributed by atoms with E-state index in [0.717, 1.165) is 29.2 Å². The molecule has 0 bridgehead atoms. The van der Waals surface area contributed by atoms with Gasteiger partial charge in [0, 0.05) is 5.69 Å². The molecule has 32 heavy (non-hydrogen) atoms. The van der Waals surface area contributed by atoms with Crippen LogP contribution in [0.5, 0.6) is 5.75 Å². The highest BCUT2D eigenvalue weighted by atomic mass is 19.4. The molecular formula is C23H16F3NO5. The lowest BCUT2D eigenvalue weighted by molar-refractivity contribution is -0.137. The first kappa shape index (κ1) is 21.2. The van der Waals surface area contributed by atoms with Gasteiger partial charge in [0.05, 0.1) is 30.6 Å². The summed E-state index contributed by atoms with van der Waals surface area (Å²) in [4.78, 5) is 27.2. The molecule has 0 fully saturated rings. The molecule has 0 saturated carbocycles. The second-order valence-electron chi connectivity index (χ2n) is 6.97. The third-order valence-electron chi connectivity index (χ3n) is 5.08. The Labute approximate surface area is 180 Å². The van der Waals surface area contributed by atoms with E-state index >= 15 is 0 Å². The molecule has 3 aromatic rings. The molecule has 0 aliphatic carbocycles. The number of amides is 1. The Morgan fingerprint density at radius 1 is 1.09 bits per heavy atom. The smallest absolute Gasteiger partial charge is 0.416 e. The zero-order valence-corrected chi connectivity index (χ0v) is 16.6. The van der Waals surface area contributed by atoms with Gasteiger partial charge in [-0.25, -0.2) is 0 Å². The summed E-state index contributed by atoms with van der Waals surface area (Å²) in [6, 6.07) is 12.1. The highest BCUT2D eigenvalue weighted by Crippen LogP contribution is 2.43. The summed E-state index contributed by atoms with van der Waals surface area (Å²) in [5.74, 6) is -2.12. The van der Waals surface area contributed by atoms with Crippen molar-refractivity contribution in [3.63, 3.8) is 0 Å². The molecule has 4 rings (SSSR count). The van der Waals surface area contributed by atoms with E-state index in [1.807, 2.05) is 0 Å². The average molecular weight is 443 g/mol. The van der Waals surface area contributed by atoms with Crippen LogP contribution in [0.1, 0.15) is 27.7 Å². The normalized spacial score (nSPS) is 16.6. The number of rotatable bonds is 5. The summed E-state index contributed by atoms with van der Waals surface area (Å²) >= 11 is 0. The topological polar surface area (TPSA) is 80.0 Å². The minimum absolute atomic E-state index is 0.0737. The Morgan fingerprint density at radius 3 is 2.41 bits per heavy atom. The fourth-order valence-corrected chi connectivity index (χ4v) is 3.58. The molecule has 1 amide bonds. The minimum atomic E-state index is -4.56. The number of hydrogen-bond acceptors (Lipinski definition) is 5. The average Bonchev–Trinajstić information content (AvgIpc) is 3.40. The van der Waals surface area contributed by atoms with Gasteiger partial charge in [-0.05, 0) is 54.1 Å². The van der Waals surface area contributed by atoms with Crippen molar-refractivity contribution in [2.75, 3.05) is 12.0 Å². The zero-order chi connectivity index (χ0) is 23.0. The molecule has 9 heteroatoms. The molecule has 1 aromatic heterocycles. The monoisotopic (exact) mass is 443 g/mol. The Kier molecular flexibility index (Phi) is 5.25. The van der Waals surface area contributed by atoms with Crippen molar-refractivity contribution >= 4 is 17.4 Å². The zero-order valence-electron chi connectivity index (χ0n) is 16.6. The third-order valence-corrected chi connectivity index (χ3v) is 5.08. The summed E-state index contributed by atoms with van der Waals surface area (Å²) in [5.41, 5.74) is -0.658. The number of alkyl halides is 3. The largest absolute Gasteiger partial charge is 0.503 e. The number of anilines is 1. The van der Waals surface area contributed by atoms with Crippen LogP contribution in [0.4, 0.5) is 18.9 Å². The molecule has 2 aromatic carbocycles. The van der Waals surface area contributed by atoms with Gasteiger partial charge in [0.15, 0.2) is 11.5 Å². The van der Waals surface area contributed by atoms with Gasteiger partial charge in [-0.2, -0.15) is 13.2 Å². The first-order chi connectivity index (χ1) is 15.2. The van der Waals surface area contributed by atoms with E-state index in [1.54, 1.807) is 24.3 Å². The Bertz CT molecular complexity index is 1200. The van der Waals surface area contributed by atoms with Crippen LogP contribution in [0.3, 0.4) is 0 Å². The maximum atomic E-state index is 13.1. The van der Waals surface area contributed by atoms with Gasteiger partial charge >= 0.3 is 6.18 Å². The highest BCUT2D eigenvalue weighted by Gasteiger charge is 2.45. The van der Waals surface area contributed by atoms with Crippen LogP contribution < -0.4 is 9.64 Å². The molecule has 6 nitrogen and oxygen atoms in total. The summed E-state index contributed by atoms with van der Waals surface area (Å²) in [6.45, 7) is 0. The minimum Gasteiger partial charge on any atom is -0.503 e. The molecule has 0 radical (unpaired) electrons. The van der Waals surface area contributed by atoms with Crippen LogP contribution >= 0.6 is 0 Å². The Balaban J connectivity index is 1.85. The van der Waals surface area contributed by atoms with Crippen molar-refractivity contribution in [1.82, 2.24) is 0 Å². The molecule has 0 spiro atoms. The number of carbonyl (C=O) groups excluding carboxylic acids is 2. The first-order valence-electron chi connectivity index (χ1n) is 9.38. The lowest BCUT2D eigenvalue weighted by Crippen LogP contribution is -2.31. The Hall–Kier alpha value is -4.01. The number of aliphatic hydroxyl groups excluding tert-OH is 1. The van der Waals surface area contributed by atoms with E-state index < -0.39 is 35.2 Å². The maximum Gasteiger partial charge on any atom is 0.416 e. The van der Waals surface area contributed by atoms with E-state index in [9.17, 15) is 27.9 Å². The number of nitrogens with zero attached hydrogens (tertiary/aromatic N) is 1. The Morgan fingerprint density at radius 2 is 1.81 bits per heavy atom. The number of ketones is 1. The summed E-state index contributed by atoms with van der Waals surface area (Å²) < 4.78 is 49.3. The SMILES string of the molecule is COc1cccc(C2C(C(=O)c3ccco3)=C(O)C(=O)N2c2ccc(C(F)(F)F)cc2)c1. The van der Waals surface area contributed by atoms with Crippen molar-refractivity contribution in [3.8, 4) is 5.75 Å². The van der Waals surface area contributed by atoms with Crippen LogP contribution in [-0.4, -0.2) is 23.9 Å². The van der Waals surface area contributed by atoms with Crippen LogP contribution in [0, 0.1) is 0 Å². The van der Waals surface area contributed by atoms with Crippen LogP contribution in [0.15, 0.2) is 82.7 Å². The van der Waals surface area contributed by atoms with Gasteiger partial charge in [-0.1, -0.05) is 12.1 Å². The number of aliphatic hydroxyl groups is 1. The van der Waals surface area contributed by atoms with Gasteiger partial charge in [0.25, 0.3) is 5.91 Å². The molecule has 164 valence electrons. The number of carbonyl (C=O) groups is 2. The standard InChI is InChI=1S/C23H16F3NO5/c1-31-16-5-2-4-13(12-16)19-18(20(28)17-6-3-11-32-17)21(29)22(30)27(19)15-9-7-14(8-10-15)23(24,25)26/h2-12,19,29H,1H3. The number of hydrogen-bond donors (Lipinski definition) is 1. The summed E-state index contributed by atoms with van der Waals surface area (Å²) in [6.07, 6.45) is -3.28. The number of Topliss-reactive ketones (excluding diaryl/α,β-unsaturated/α-hetero) is 1. The van der Waals surface area contributed by atoms with Crippen molar-refractivity contribution in [3.05, 3.63) is 95.1 Å². The fraction of sp³-hybridized carbons (Fsp3) is 0.130. The van der Waals surface area contributed by atoms with Crippen molar-refractivity contribution in [2.45, 2.75) is 12.2 Å². The molecule has 2 heterocycles. The molecule has 1 unspecified atom stereocenters. The van der Waals surface area contributed by atoms with Gasteiger partial charge in [0.1, 0.15) is 5.75 Å². The molecular weight excluding hydrogens is 427 g/mol. The fourth-order valence-electron chi connectivity index (χ4n) is 3.58. The highest BCUT2D eigenvalue weighted by molar-refractivity contribution is 6.20. The third kappa shape index (κ3) is 3.62. The second kappa shape index (κ2) is 7.92. The lowest BCUT2D eigenvalue weighted by atomic mass is 9.94. The second-order valence-corrected chi connectivity index (χ2v) is 6.97. The number of methoxy groups -OCH3 is 1. The molecule has 0 saturated heterocycles. The number of furan rings is 1. The molecule has 1 atom stereocenters. The van der Waals surface area contributed by atoms with E-state index in [2.05, 4.69) is 0 Å². The van der Waals surface area contributed by atoms with Crippen molar-refractivity contribution in [2.24, 2.45) is 0 Å². The van der Waals surface area contributed by atoms with Gasteiger partial charge < -0.3 is 14.3 Å². The lowest BCUT2D eigenvalue weighted by Gasteiger charge is -2.27. The van der Waals surface area contributed by atoms with E-state index in [-0.39, 0.29) is 17.0 Å². The molecule has 1 aliphatic rings. The number of benzene rings is 2. The van der Waals surface area contributed by atoms with Crippen molar-refractivity contribution < 1.29 is 37.0 Å². The van der Waals surface area contributed by atoms with E-state index in [4.69, 9.17) is 9.15 Å². The number of halogens is 3. The van der Waals surface area contributed by atoms with Crippen LogP contribution in [0.25, 0.3) is 0 Å². The molecule has 1 N–H and O–H groups in total. The summed E-state index contributed by atoms with van der Waals surface area (Å²) in [5, 5.41) is 10.6. The predicted molar refractivity (Wildman–Crippen MR) is 107 cm³/mol. The van der Waals surface area contributed by atoms with Crippen LogP contribution in [0.2, 0.25) is 0 Å². The van der Waals surface area contributed by atoms with Crippen molar-refractivity contribution in [1.29, 1.82) is 0 Å². The first-order valence-corrected chi connectivity index (χ1v) is 9.38. The van der Waals surface area contributed by atoms with E-state index in [1.165, 1.54) is 25.5 Å². The maximum absolute atomic E-state index is 13.1. The van der Waals surface area contributed by atoms with Gasteiger partial charge in [-0.15, -0.1) is 0 Å². The van der Waals surface area contributed by atoms with Gasteiger partial charge in [-0.3, -0.25) is 14.5 Å². The quantitative estimate of drug-likeness (QED) is 0.556. The summed E-state index contributed by atoms with van der Waals surface area (Å²) in [7, 11) is 1.44. The predicted octanol–water partition coefficient (Wildman–Crippen LogP) is 5.09. The molecule has 1 aliphatic heterocycles. The van der Waals surface area contributed by atoms with Gasteiger partial charge in [0.2, 0.25) is 5.78 Å².